The fourth-order valence-electron chi connectivity index (χ4n) is 2.03. The first-order valence-electron chi connectivity index (χ1n) is 6.58. The first kappa shape index (κ1) is 14.0. The van der Waals surface area contributed by atoms with Gasteiger partial charge in [0.1, 0.15) is 11.6 Å². The van der Waals surface area contributed by atoms with E-state index in [0.29, 0.717) is 30.1 Å². The molecular weight excluding hydrogens is 258 g/mol. The van der Waals surface area contributed by atoms with E-state index >= 15 is 0 Å². The second-order valence-electron chi connectivity index (χ2n) is 4.41. The number of imidazole rings is 1. The maximum atomic E-state index is 12.2. The van der Waals surface area contributed by atoms with Crippen LogP contribution in [0.1, 0.15) is 20.8 Å². The second kappa shape index (κ2) is 5.72. The highest BCUT2D eigenvalue weighted by atomic mass is 16.2. The quantitative estimate of drug-likeness (QED) is 0.737. The monoisotopic (exact) mass is 277 g/mol. The Bertz CT molecular complexity index is 605. The van der Waals surface area contributed by atoms with Crippen LogP contribution in [0.25, 0.3) is 11.2 Å². The molecule has 108 valence electrons. The van der Waals surface area contributed by atoms with E-state index in [0.717, 1.165) is 0 Å². The molecule has 20 heavy (non-hydrogen) atoms. The molecule has 4 N–H and O–H groups in total. The molecule has 1 unspecified atom stereocenters. The Kier molecular flexibility index (Phi) is 4.02. The number of hydrogen-bond acceptors (Lipinski definition) is 6. The number of aromatic nitrogens is 4. The van der Waals surface area contributed by atoms with E-state index in [1.54, 1.807) is 11.8 Å². The summed E-state index contributed by atoms with van der Waals surface area (Å²) in [5, 5.41) is 3.07. The van der Waals surface area contributed by atoms with Crippen LogP contribution in [0.15, 0.2) is 6.33 Å². The number of anilines is 2. The van der Waals surface area contributed by atoms with Crippen molar-refractivity contribution in [1.29, 1.82) is 0 Å². The summed E-state index contributed by atoms with van der Waals surface area (Å²) in [6, 6.07) is -0.407. The van der Waals surface area contributed by atoms with Crippen LogP contribution in [0.5, 0.6) is 0 Å². The third-order valence-electron chi connectivity index (χ3n) is 3.10. The number of nitrogens with one attached hydrogen (secondary N) is 2. The molecule has 0 fully saturated rings. The molecule has 0 spiro atoms. The van der Waals surface area contributed by atoms with Crippen LogP contribution >= 0.6 is 0 Å². The van der Waals surface area contributed by atoms with Gasteiger partial charge in [0.15, 0.2) is 11.5 Å². The molecular formula is C12H19N7O. The molecule has 0 saturated carbocycles. The lowest BCUT2D eigenvalue weighted by Crippen LogP contribution is -2.41. The Balaban J connectivity index is 2.23. The number of likely N-dealkylation sites (N-methyl/N-ethyl adjacent to an activating group) is 1. The van der Waals surface area contributed by atoms with Crippen molar-refractivity contribution >= 4 is 28.8 Å². The molecule has 0 aromatic carbocycles. The first-order chi connectivity index (χ1) is 9.56. The van der Waals surface area contributed by atoms with E-state index in [-0.39, 0.29) is 11.9 Å². The van der Waals surface area contributed by atoms with Crippen molar-refractivity contribution in [1.82, 2.24) is 24.8 Å². The molecule has 0 bridgehead atoms. The Morgan fingerprint density at radius 2 is 2.15 bits per heavy atom. The molecule has 8 heteroatoms. The topological polar surface area (TPSA) is 113 Å². The fraction of sp³-hybridized carbons (Fsp3) is 0.500. The van der Waals surface area contributed by atoms with Crippen LogP contribution in [0.2, 0.25) is 0 Å². The summed E-state index contributed by atoms with van der Waals surface area (Å²) < 4.78 is 0. The van der Waals surface area contributed by atoms with Gasteiger partial charge in [-0.25, -0.2) is 4.98 Å². The Labute approximate surface area is 116 Å². The number of nitrogens with two attached hydrogens (primary N) is 1. The number of carbonyl (C=O) groups is 1. The van der Waals surface area contributed by atoms with Gasteiger partial charge in [-0.3, -0.25) is 4.79 Å². The molecule has 0 saturated heterocycles. The molecule has 0 radical (unpaired) electrons. The van der Waals surface area contributed by atoms with Crippen LogP contribution in [0.3, 0.4) is 0 Å². The summed E-state index contributed by atoms with van der Waals surface area (Å²) in [6.45, 7) is 7.04. The molecule has 2 aromatic rings. The number of fused-ring (bicyclic) bond motifs is 1. The number of amides is 1. The predicted molar refractivity (Wildman–Crippen MR) is 77.1 cm³/mol. The van der Waals surface area contributed by atoms with Gasteiger partial charge < -0.3 is 20.9 Å². The highest BCUT2D eigenvalue weighted by Crippen LogP contribution is 2.18. The molecule has 2 rings (SSSR count). The summed E-state index contributed by atoms with van der Waals surface area (Å²) >= 11 is 0. The lowest BCUT2D eigenvalue weighted by atomic mass is 10.2. The van der Waals surface area contributed by atoms with E-state index in [1.807, 2.05) is 13.8 Å². The van der Waals surface area contributed by atoms with E-state index in [9.17, 15) is 4.79 Å². The molecule has 2 aromatic heterocycles. The van der Waals surface area contributed by atoms with Crippen LogP contribution < -0.4 is 11.1 Å². The number of H-pyrrole nitrogens is 1. The van der Waals surface area contributed by atoms with Crippen molar-refractivity contribution in [2.45, 2.75) is 26.8 Å². The normalized spacial score (nSPS) is 12.3. The van der Waals surface area contributed by atoms with E-state index < -0.39 is 6.04 Å². The number of nitrogen functional groups attached to an aromatic ring is 1. The SMILES string of the molecule is CCN(CC)C(=O)C(C)Nc1nc(N)nc2nc[nH]c12. The average molecular weight is 277 g/mol. The number of carbonyl (C=O) groups excluding carboxylic acids is 1. The number of rotatable bonds is 5. The van der Waals surface area contributed by atoms with Gasteiger partial charge in [-0.05, 0) is 20.8 Å². The maximum Gasteiger partial charge on any atom is 0.244 e. The minimum atomic E-state index is -0.407. The lowest BCUT2D eigenvalue weighted by Gasteiger charge is -2.23. The van der Waals surface area contributed by atoms with Gasteiger partial charge in [0.25, 0.3) is 0 Å². The van der Waals surface area contributed by atoms with Gasteiger partial charge in [0.2, 0.25) is 11.9 Å². The number of nitrogens with zero attached hydrogens (tertiary/aromatic N) is 4. The minimum absolute atomic E-state index is 0.0137. The standard InChI is InChI=1S/C12H19N7O/c1-4-19(5-2)11(20)7(3)16-10-8-9(15-6-14-8)17-12(13)18-10/h6-7H,4-5H2,1-3H3,(H4,13,14,15,16,17,18). The summed E-state index contributed by atoms with van der Waals surface area (Å²) in [4.78, 5) is 29.1. The van der Waals surface area contributed by atoms with Crippen LogP contribution in [0, 0.1) is 0 Å². The first-order valence-corrected chi connectivity index (χ1v) is 6.58. The minimum Gasteiger partial charge on any atom is -0.368 e. The Morgan fingerprint density at radius 1 is 1.45 bits per heavy atom. The van der Waals surface area contributed by atoms with Crippen molar-refractivity contribution in [2.75, 3.05) is 24.1 Å². The van der Waals surface area contributed by atoms with E-state index in [2.05, 4.69) is 25.3 Å². The van der Waals surface area contributed by atoms with Gasteiger partial charge in [0.05, 0.1) is 6.33 Å². The maximum absolute atomic E-state index is 12.2. The van der Waals surface area contributed by atoms with Gasteiger partial charge in [-0.1, -0.05) is 0 Å². The molecule has 2 heterocycles. The largest absolute Gasteiger partial charge is 0.368 e. The third kappa shape index (κ3) is 2.63. The lowest BCUT2D eigenvalue weighted by molar-refractivity contribution is -0.131. The number of aromatic amines is 1. The van der Waals surface area contributed by atoms with Crippen LogP contribution in [-0.4, -0.2) is 49.9 Å². The second-order valence-corrected chi connectivity index (χ2v) is 4.41. The molecule has 0 aliphatic heterocycles. The smallest absolute Gasteiger partial charge is 0.244 e. The fourth-order valence-corrected chi connectivity index (χ4v) is 2.03. The van der Waals surface area contributed by atoms with E-state index in [4.69, 9.17) is 5.73 Å². The highest BCUT2D eigenvalue weighted by molar-refractivity contribution is 5.89. The Morgan fingerprint density at radius 3 is 2.80 bits per heavy atom. The summed E-state index contributed by atoms with van der Waals surface area (Å²) in [7, 11) is 0. The summed E-state index contributed by atoms with van der Waals surface area (Å²) in [5.41, 5.74) is 6.75. The van der Waals surface area contributed by atoms with Gasteiger partial charge in [-0.15, -0.1) is 0 Å². The van der Waals surface area contributed by atoms with Crippen molar-refractivity contribution < 1.29 is 4.79 Å². The molecule has 1 amide bonds. The zero-order chi connectivity index (χ0) is 14.7. The molecule has 0 aliphatic rings. The summed E-state index contributed by atoms with van der Waals surface area (Å²) in [5.74, 6) is 0.618. The predicted octanol–water partition coefficient (Wildman–Crippen LogP) is 0.604. The van der Waals surface area contributed by atoms with Crippen molar-refractivity contribution in [3.05, 3.63) is 6.33 Å². The van der Waals surface area contributed by atoms with Gasteiger partial charge in [0, 0.05) is 13.1 Å². The summed E-state index contributed by atoms with van der Waals surface area (Å²) in [6.07, 6.45) is 1.51. The zero-order valence-electron chi connectivity index (χ0n) is 11.8. The van der Waals surface area contributed by atoms with Crippen molar-refractivity contribution in [3.63, 3.8) is 0 Å². The zero-order valence-corrected chi connectivity index (χ0v) is 11.8. The molecule has 1 atom stereocenters. The highest BCUT2D eigenvalue weighted by Gasteiger charge is 2.20. The van der Waals surface area contributed by atoms with Gasteiger partial charge >= 0.3 is 0 Å². The molecule has 8 nitrogen and oxygen atoms in total. The van der Waals surface area contributed by atoms with Crippen LogP contribution in [0.4, 0.5) is 11.8 Å². The van der Waals surface area contributed by atoms with Gasteiger partial charge in [-0.2, -0.15) is 9.97 Å². The number of hydrogen-bond donors (Lipinski definition) is 3. The third-order valence-corrected chi connectivity index (χ3v) is 3.10. The van der Waals surface area contributed by atoms with E-state index in [1.165, 1.54) is 6.33 Å². The molecule has 0 aliphatic carbocycles. The van der Waals surface area contributed by atoms with Crippen LogP contribution in [-0.2, 0) is 4.79 Å². The van der Waals surface area contributed by atoms with Crippen molar-refractivity contribution in [2.24, 2.45) is 0 Å². The van der Waals surface area contributed by atoms with Crippen molar-refractivity contribution in [3.8, 4) is 0 Å². The Hall–Kier alpha value is -2.38. The average Bonchev–Trinajstić information content (AvgIpc) is 2.88.